The Morgan fingerprint density at radius 3 is 2.83 bits per heavy atom. The molecule has 0 unspecified atom stereocenters. The van der Waals surface area contributed by atoms with Gasteiger partial charge in [0.1, 0.15) is 17.9 Å². The fourth-order valence-corrected chi connectivity index (χ4v) is 5.14. The lowest BCUT2D eigenvalue weighted by Crippen LogP contribution is -2.37. The van der Waals surface area contributed by atoms with E-state index in [0.717, 1.165) is 46.5 Å². The smallest absolute Gasteiger partial charge is 0.275 e. The van der Waals surface area contributed by atoms with E-state index in [1.54, 1.807) is 23.0 Å². The third-order valence-electron chi connectivity index (χ3n) is 6.99. The lowest BCUT2D eigenvalue weighted by molar-refractivity contribution is 0.0686. The summed E-state index contributed by atoms with van der Waals surface area (Å²) < 4.78 is 22.3. The molecule has 0 saturated carbocycles. The minimum absolute atomic E-state index is 0.00833. The zero-order valence-electron chi connectivity index (χ0n) is 20.5. The van der Waals surface area contributed by atoms with E-state index in [9.17, 15) is 9.18 Å². The Bertz CT molecular complexity index is 1510. The molecule has 0 radical (unpaired) electrons. The van der Waals surface area contributed by atoms with E-state index in [4.69, 9.17) is 4.74 Å². The van der Waals surface area contributed by atoms with Gasteiger partial charge in [-0.1, -0.05) is 0 Å². The van der Waals surface area contributed by atoms with Crippen molar-refractivity contribution in [2.45, 2.75) is 52.7 Å². The first-order valence-corrected chi connectivity index (χ1v) is 12.2. The molecule has 1 aromatic carbocycles. The summed E-state index contributed by atoms with van der Waals surface area (Å²) in [7, 11) is 0. The largest absolute Gasteiger partial charge is 0.493 e. The Morgan fingerprint density at radius 2 is 2.00 bits per heavy atom. The van der Waals surface area contributed by atoms with Gasteiger partial charge in [0.05, 0.1) is 12.1 Å². The molecule has 184 valence electrons. The standard InChI is InChI=1S/C27H27FN6O2/c1-15(2)33-13-17-9-16(3)29-10-19(17)21-12-31-27(34-14-32-24(25(21)34)26(33)35)30-11-20-18-5-4-8-36-23(18)7-6-22(20)28/h6-7,9-10,12,14-15H,4-5,8,11,13H2,1-3H3,(H,30,31). The number of amides is 1. The van der Waals surface area contributed by atoms with Crippen LogP contribution >= 0.6 is 0 Å². The molecule has 0 spiro atoms. The average molecular weight is 487 g/mol. The molecule has 2 aliphatic heterocycles. The first kappa shape index (κ1) is 22.5. The number of nitrogens with one attached hydrogen (secondary N) is 1. The SMILES string of the molecule is Cc1cc2c(cn1)-c1cnc(NCc3c(F)ccc4c3CCCO4)n3cnc(c13)C(=O)N(C(C)C)C2. The molecular weight excluding hydrogens is 459 g/mol. The molecule has 6 rings (SSSR count). The monoisotopic (exact) mass is 486 g/mol. The number of anilines is 1. The second-order valence-electron chi connectivity index (χ2n) is 9.63. The van der Waals surface area contributed by atoms with Crippen LogP contribution in [0.5, 0.6) is 5.75 Å². The van der Waals surface area contributed by atoms with Crippen LogP contribution in [-0.4, -0.2) is 42.8 Å². The van der Waals surface area contributed by atoms with Crippen molar-refractivity contribution in [3.05, 3.63) is 70.8 Å². The first-order valence-electron chi connectivity index (χ1n) is 12.2. The number of benzene rings is 1. The van der Waals surface area contributed by atoms with Gasteiger partial charge in [0.2, 0.25) is 5.95 Å². The number of hydrogen-bond acceptors (Lipinski definition) is 6. The number of imidazole rings is 1. The van der Waals surface area contributed by atoms with Crippen LogP contribution in [0.4, 0.5) is 10.3 Å². The summed E-state index contributed by atoms with van der Waals surface area (Å²) >= 11 is 0. The number of carbonyl (C=O) groups excluding carboxylic acids is 1. The Morgan fingerprint density at radius 1 is 1.17 bits per heavy atom. The summed E-state index contributed by atoms with van der Waals surface area (Å²) in [5.41, 5.74) is 6.10. The topological polar surface area (TPSA) is 84.6 Å². The van der Waals surface area contributed by atoms with E-state index in [0.29, 0.717) is 35.9 Å². The molecule has 36 heavy (non-hydrogen) atoms. The van der Waals surface area contributed by atoms with Crippen LogP contribution in [0, 0.1) is 12.7 Å². The maximum absolute atomic E-state index is 14.8. The van der Waals surface area contributed by atoms with E-state index >= 15 is 0 Å². The third kappa shape index (κ3) is 3.57. The minimum atomic E-state index is -0.279. The normalized spacial score (nSPS) is 14.8. The van der Waals surface area contributed by atoms with E-state index < -0.39 is 0 Å². The quantitative estimate of drug-likeness (QED) is 0.456. The van der Waals surface area contributed by atoms with Crippen molar-refractivity contribution in [3.63, 3.8) is 0 Å². The number of ether oxygens (including phenoxy) is 1. The van der Waals surface area contributed by atoms with Gasteiger partial charge in [-0.2, -0.15) is 0 Å². The highest BCUT2D eigenvalue weighted by atomic mass is 19.1. The van der Waals surface area contributed by atoms with Gasteiger partial charge in [0, 0.05) is 59.5 Å². The van der Waals surface area contributed by atoms with E-state index in [2.05, 4.69) is 20.3 Å². The summed E-state index contributed by atoms with van der Waals surface area (Å²) in [4.78, 5) is 29.1. The first-order chi connectivity index (χ1) is 17.4. The fraction of sp³-hybridized carbons (Fsp3) is 0.333. The van der Waals surface area contributed by atoms with Crippen LogP contribution in [0.2, 0.25) is 0 Å². The molecule has 0 aliphatic carbocycles. The van der Waals surface area contributed by atoms with Crippen molar-refractivity contribution in [3.8, 4) is 16.9 Å². The molecule has 1 amide bonds. The van der Waals surface area contributed by atoms with Gasteiger partial charge in [0.15, 0.2) is 5.69 Å². The second-order valence-corrected chi connectivity index (χ2v) is 9.63. The number of rotatable bonds is 4. The van der Waals surface area contributed by atoms with Crippen molar-refractivity contribution in [1.29, 1.82) is 0 Å². The van der Waals surface area contributed by atoms with Crippen molar-refractivity contribution in [1.82, 2.24) is 24.3 Å². The number of pyridine rings is 1. The Labute approximate surface area is 208 Å². The third-order valence-corrected chi connectivity index (χ3v) is 6.99. The molecule has 8 nitrogen and oxygen atoms in total. The molecule has 0 saturated heterocycles. The highest BCUT2D eigenvalue weighted by Crippen LogP contribution is 2.35. The molecular formula is C27H27FN6O2. The summed E-state index contributed by atoms with van der Waals surface area (Å²) in [5.74, 6) is 0.802. The van der Waals surface area contributed by atoms with Crippen molar-refractivity contribution >= 4 is 17.4 Å². The molecule has 3 aromatic heterocycles. The summed E-state index contributed by atoms with van der Waals surface area (Å²) in [6.07, 6.45) is 6.81. The molecule has 4 aromatic rings. The number of fused-ring (bicyclic) bond motifs is 3. The van der Waals surface area contributed by atoms with Gasteiger partial charge >= 0.3 is 0 Å². The Hall–Kier alpha value is -4.01. The minimum Gasteiger partial charge on any atom is -0.493 e. The zero-order chi connectivity index (χ0) is 25.0. The average Bonchev–Trinajstić information content (AvgIpc) is 3.31. The molecule has 0 fully saturated rings. The number of aryl methyl sites for hydroxylation is 1. The number of aromatic nitrogens is 4. The summed E-state index contributed by atoms with van der Waals surface area (Å²) in [5, 5.41) is 3.28. The lowest BCUT2D eigenvalue weighted by atomic mass is 9.98. The van der Waals surface area contributed by atoms with Gasteiger partial charge in [0.25, 0.3) is 5.91 Å². The number of nitrogens with zero attached hydrogens (tertiary/aromatic N) is 5. The molecule has 9 heteroatoms. The van der Waals surface area contributed by atoms with Gasteiger partial charge in [-0.05, 0) is 57.4 Å². The molecule has 2 aliphatic rings. The summed E-state index contributed by atoms with van der Waals surface area (Å²) in [6, 6.07) is 5.15. The highest BCUT2D eigenvalue weighted by Gasteiger charge is 2.30. The van der Waals surface area contributed by atoms with Gasteiger partial charge in [-0.3, -0.25) is 14.2 Å². The van der Waals surface area contributed by atoms with Crippen molar-refractivity contribution in [2.75, 3.05) is 11.9 Å². The maximum atomic E-state index is 14.8. The van der Waals surface area contributed by atoms with Crippen LogP contribution in [0.25, 0.3) is 16.6 Å². The number of halogens is 1. The molecule has 0 bridgehead atoms. The maximum Gasteiger partial charge on any atom is 0.275 e. The van der Waals surface area contributed by atoms with Crippen LogP contribution in [0.1, 0.15) is 53.1 Å². The fourth-order valence-electron chi connectivity index (χ4n) is 5.14. The van der Waals surface area contributed by atoms with Crippen LogP contribution in [0.3, 0.4) is 0 Å². The lowest BCUT2D eigenvalue weighted by Gasteiger charge is -2.29. The van der Waals surface area contributed by atoms with Gasteiger partial charge in [-0.25, -0.2) is 14.4 Å². The molecule has 0 atom stereocenters. The van der Waals surface area contributed by atoms with Gasteiger partial charge in [-0.15, -0.1) is 0 Å². The predicted octanol–water partition coefficient (Wildman–Crippen LogP) is 4.54. The second kappa shape index (κ2) is 8.58. The highest BCUT2D eigenvalue weighted by molar-refractivity contribution is 6.04. The van der Waals surface area contributed by atoms with Gasteiger partial charge < -0.3 is 15.0 Å². The molecule has 1 N–H and O–H groups in total. The number of carbonyl (C=O) groups is 1. The Kier molecular flexibility index (Phi) is 5.35. The van der Waals surface area contributed by atoms with Crippen molar-refractivity contribution < 1.29 is 13.9 Å². The van der Waals surface area contributed by atoms with E-state index in [-0.39, 0.29) is 24.3 Å². The van der Waals surface area contributed by atoms with E-state index in [1.807, 2.05) is 37.9 Å². The Balaban J connectivity index is 1.46. The van der Waals surface area contributed by atoms with Crippen LogP contribution < -0.4 is 10.1 Å². The van der Waals surface area contributed by atoms with E-state index in [1.165, 1.54) is 6.07 Å². The van der Waals surface area contributed by atoms with Crippen LogP contribution in [0.15, 0.2) is 36.9 Å². The zero-order valence-corrected chi connectivity index (χ0v) is 20.5. The number of hydrogen-bond donors (Lipinski definition) is 1. The molecule has 5 heterocycles. The van der Waals surface area contributed by atoms with Crippen molar-refractivity contribution in [2.24, 2.45) is 0 Å². The predicted molar refractivity (Wildman–Crippen MR) is 134 cm³/mol. The summed E-state index contributed by atoms with van der Waals surface area (Å²) in [6.45, 7) is 7.28. The van der Waals surface area contributed by atoms with Crippen LogP contribution in [-0.2, 0) is 19.5 Å².